The van der Waals surface area contributed by atoms with Crippen molar-refractivity contribution in [3.8, 4) is 35.2 Å². The number of fused-ring (bicyclic) bond motifs is 1. The molecule has 1 aromatic carbocycles. The van der Waals surface area contributed by atoms with E-state index in [0.29, 0.717) is 35.8 Å². The molecular formula is C14H12O4. The summed E-state index contributed by atoms with van der Waals surface area (Å²) < 4.78 is 10.9. The van der Waals surface area contributed by atoms with Crippen molar-refractivity contribution in [1.29, 1.82) is 0 Å². The molecule has 0 aliphatic carbocycles. The molecular weight excluding hydrogens is 232 g/mol. The predicted molar refractivity (Wildman–Crippen MR) is 65.4 cm³/mol. The molecule has 1 aromatic rings. The average molecular weight is 244 g/mol. The molecule has 1 heterocycles. The van der Waals surface area contributed by atoms with Gasteiger partial charge in [0.2, 0.25) is 0 Å². The number of aliphatic hydroxyl groups excluding tert-OH is 2. The Morgan fingerprint density at radius 2 is 1.33 bits per heavy atom. The normalized spacial score (nSPS) is 11.9. The monoisotopic (exact) mass is 244 g/mol. The van der Waals surface area contributed by atoms with E-state index in [4.69, 9.17) is 19.7 Å². The first-order valence-corrected chi connectivity index (χ1v) is 5.48. The molecule has 0 fully saturated rings. The van der Waals surface area contributed by atoms with Crippen LogP contribution in [-0.2, 0) is 0 Å². The van der Waals surface area contributed by atoms with Gasteiger partial charge in [-0.05, 0) is 0 Å². The van der Waals surface area contributed by atoms with Crippen molar-refractivity contribution in [2.24, 2.45) is 0 Å². The number of ether oxygens (including phenoxy) is 2. The van der Waals surface area contributed by atoms with E-state index in [1.807, 2.05) is 0 Å². The largest absolute Gasteiger partial charge is 0.486 e. The van der Waals surface area contributed by atoms with E-state index in [2.05, 4.69) is 23.7 Å². The topological polar surface area (TPSA) is 58.9 Å². The highest BCUT2D eigenvalue weighted by Crippen LogP contribution is 2.32. The highest BCUT2D eigenvalue weighted by Gasteiger charge is 2.14. The summed E-state index contributed by atoms with van der Waals surface area (Å²) in [6.07, 6.45) is 0. The molecule has 0 amide bonds. The molecule has 92 valence electrons. The molecule has 0 unspecified atom stereocenters. The lowest BCUT2D eigenvalue weighted by molar-refractivity contribution is 0.171. The van der Waals surface area contributed by atoms with Crippen molar-refractivity contribution >= 4 is 0 Å². The molecule has 0 radical (unpaired) electrons. The lowest BCUT2D eigenvalue weighted by atomic mass is 10.1. The van der Waals surface area contributed by atoms with Gasteiger partial charge in [0.1, 0.15) is 26.4 Å². The molecule has 1 aliphatic heterocycles. The summed E-state index contributed by atoms with van der Waals surface area (Å²) in [4.78, 5) is 0. The summed E-state index contributed by atoms with van der Waals surface area (Å²) in [7, 11) is 0. The van der Waals surface area contributed by atoms with Crippen LogP contribution in [0.5, 0.6) is 11.5 Å². The van der Waals surface area contributed by atoms with Crippen LogP contribution in [0.2, 0.25) is 0 Å². The van der Waals surface area contributed by atoms with Gasteiger partial charge in [0.25, 0.3) is 0 Å². The van der Waals surface area contributed by atoms with Gasteiger partial charge in [0.05, 0.1) is 0 Å². The average Bonchev–Trinajstić information content (AvgIpc) is 2.42. The number of hydrogen-bond acceptors (Lipinski definition) is 4. The van der Waals surface area contributed by atoms with Crippen molar-refractivity contribution < 1.29 is 19.7 Å². The maximum Gasteiger partial charge on any atom is 0.162 e. The van der Waals surface area contributed by atoms with Gasteiger partial charge >= 0.3 is 0 Å². The van der Waals surface area contributed by atoms with E-state index in [9.17, 15) is 0 Å². The minimum absolute atomic E-state index is 0.221. The lowest BCUT2D eigenvalue weighted by Crippen LogP contribution is -2.15. The minimum Gasteiger partial charge on any atom is -0.486 e. The summed E-state index contributed by atoms with van der Waals surface area (Å²) in [6.45, 7) is 0.561. The molecule has 2 N–H and O–H groups in total. The third-order valence-electron chi connectivity index (χ3n) is 2.29. The zero-order chi connectivity index (χ0) is 12.8. The number of rotatable bonds is 0. The molecule has 0 atom stereocenters. The molecule has 0 saturated heterocycles. The van der Waals surface area contributed by atoms with E-state index >= 15 is 0 Å². The Bertz CT molecular complexity index is 504. The zero-order valence-corrected chi connectivity index (χ0v) is 9.69. The van der Waals surface area contributed by atoms with Gasteiger partial charge in [0, 0.05) is 23.3 Å². The highest BCUT2D eigenvalue weighted by molar-refractivity contribution is 5.59. The molecule has 0 aromatic heterocycles. The van der Waals surface area contributed by atoms with Crippen molar-refractivity contribution in [2.75, 3.05) is 26.4 Å². The third-order valence-corrected chi connectivity index (χ3v) is 2.29. The number of benzene rings is 1. The van der Waals surface area contributed by atoms with E-state index < -0.39 is 0 Å². The summed E-state index contributed by atoms with van der Waals surface area (Å²) in [5.74, 6) is 12.0. The maximum atomic E-state index is 8.73. The SMILES string of the molecule is OCC#Cc1cc2c(cc1C#CCO)OCCO2. The van der Waals surface area contributed by atoms with Gasteiger partial charge in [0.15, 0.2) is 11.5 Å². The molecule has 4 heteroatoms. The van der Waals surface area contributed by atoms with Crippen molar-refractivity contribution in [3.63, 3.8) is 0 Å². The number of hydrogen-bond donors (Lipinski definition) is 2. The van der Waals surface area contributed by atoms with Crippen molar-refractivity contribution in [1.82, 2.24) is 0 Å². The van der Waals surface area contributed by atoms with Crippen molar-refractivity contribution in [2.45, 2.75) is 0 Å². The first-order chi connectivity index (χ1) is 8.85. The first-order valence-electron chi connectivity index (χ1n) is 5.48. The van der Waals surface area contributed by atoms with Crippen LogP contribution in [0.3, 0.4) is 0 Å². The molecule has 0 bridgehead atoms. The standard InChI is InChI=1S/C14H12O4/c15-5-1-3-11-9-13-14(18-8-7-17-13)10-12(11)4-2-6-16/h9-10,15-16H,5-8H2. The van der Waals surface area contributed by atoms with E-state index in [1.54, 1.807) is 12.1 Å². The van der Waals surface area contributed by atoms with Crippen LogP contribution >= 0.6 is 0 Å². The molecule has 0 spiro atoms. The Morgan fingerprint density at radius 1 is 0.889 bits per heavy atom. The molecule has 0 saturated carbocycles. The molecule has 4 nitrogen and oxygen atoms in total. The Hall–Kier alpha value is -2.14. The molecule has 1 aliphatic rings. The Labute approximate surface area is 105 Å². The second kappa shape index (κ2) is 5.97. The maximum absolute atomic E-state index is 8.73. The second-order valence-electron chi connectivity index (χ2n) is 3.46. The third kappa shape index (κ3) is 2.75. The van der Waals surface area contributed by atoms with E-state index in [0.717, 1.165) is 0 Å². The molecule has 2 rings (SSSR count). The van der Waals surface area contributed by atoms with Crippen LogP contribution in [0.4, 0.5) is 0 Å². The van der Waals surface area contributed by atoms with E-state index in [1.165, 1.54) is 0 Å². The van der Waals surface area contributed by atoms with Gasteiger partial charge in [-0.25, -0.2) is 0 Å². The van der Waals surface area contributed by atoms with Gasteiger partial charge in [-0.2, -0.15) is 0 Å². The fraction of sp³-hybridized carbons (Fsp3) is 0.286. The summed E-state index contributed by atoms with van der Waals surface area (Å²) in [5, 5.41) is 17.5. The predicted octanol–water partition coefficient (Wildman–Crippen LogP) is 0.145. The summed E-state index contributed by atoms with van der Waals surface area (Å²) >= 11 is 0. The Kier molecular flexibility index (Phi) is 4.09. The Morgan fingerprint density at radius 3 is 1.72 bits per heavy atom. The highest BCUT2D eigenvalue weighted by atomic mass is 16.6. The van der Waals surface area contributed by atoms with Gasteiger partial charge in [-0.3, -0.25) is 0 Å². The minimum atomic E-state index is -0.221. The van der Waals surface area contributed by atoms with Crippen LogP contribution < -0.4 is 9.47 Å². The van der Waals surface area contributed by atoms with Crippen LogP contribution in [-0.4, -0.2) is 36.6 Å². The Balaban J connectivity index is 2.47. The van der Waals surface area contributed by atoms with Crippen LogP contribution in [0.25, 0.3) is 0 Å². The van der Waals surface area contributed by atoms with Crippen LogP contribution in [0, 0.1) is 23.7 Å². The fourth-order valence-corrected chi connectivity index (χ4v) is 1.57. The van der Waals surface area contributed by atoms with E-state index in [-0.39, 0.29) is 13.2 Å². The quantitative estimate of drug-likeness (QED) is 0.638. The molecule has 18 heavy (non-hydrogen) atoms. The van der Waals surface area contributed by atoms with Gasteiger partial charge in [-0.1, -0.05) is 23.7 Å². The van der Waals surface area contributed by atoms with Gasteiger partial charge < -0.3 is 19.7 Å². The van der Waals surface area contributed by atoms with Crippen molar-refractivity contribution in [3.05, 3.63) is 23.3 Å². The van der Waals surface area contributed by atoms with Crippen LogP contribution in [0.15, 0.2) is 12.1 Å². The summed E-state index contributed by atoms with van der Waals surface area (Å²) in [5.41, 5.74) is 1.29. The van der Waals surface area contributed by atoms with Gasteiger partial charge in [-0.15, -0.1) is 0 Å². The zero-order valence-electron chi connectivity index (χ0n) is 9.69. The summed E-state index contributed by atoms with van der Waals surface area (Å²) in [6, 6.07) is 3.47. The second-order valence-corrected chi connectivity index (χ2v) is 3.46. The first kappa shape index (κ1) is 12.3. The van der Waals surface area contributed by atoms with Crippen LogP contribution in [0.1, 0.15) is 11.1 Å². The fourth-order valence-electron chi connectivity index (χ4n) is 1.57. The lowest BCUT2D eigenvalue weighted by Gasteiger charge is -2.19. The smallest absolute Gasteiger partial charge is 0.162 e. The number of aliphatic hydroxyl groups is 2.